The van der Waals surface area contributed by atoms with Gasteiger partial charge in [0.05, 0.1) is 0 Å². The molecule has 1 saturated carbocycles. The molecule has 0 heterocycles. The van der Waals surface area contributed by atoms with E-state index in [2.05, 4.69) is 19.2 Å². The molecule has 1 amide bonds. The Hall–Kier alpha value is -0.570. The summed E-state index contributed by atoms with van der Waals surface area (Å²) in [5.41, 5.74) is 5.44. The lowest BCUT2D eigenvalue weighted by Gasteiger charge is -2.32. The van der Waals surface area contributed by atoms with Crippen molar-refractivity contribution in [2.45, 2.75) is 71.3 Å². The van der Waals surface area contributed by atoms with E-state index in [4.69, 9.17) is 5.73 Å². The maximum Gasteiger partial charge on any atom is 0.220 e. The quantitative estimate of drug-likeness (QED) is 0.686. The van der Waals surface area contributed by atoms with Crippen LogP contribution in [-0.4, -0.2) is 18.5 Å². The molecule has 0 aliphatic heterocycles. The summed E-state index contributed by atoms with van der Waals surface area (Å²) in [6.07, 6.45) is 8.62. The molecule has 0 aromatic heterocycles. The van der Waals surface area contributed by atoms with Crippen molar-refractivity contribution in [2.75, 3.05) is 6.54 Å². The normalized spacial score (nSPS) is 28.1. The molecule has 3 unspecified atom stereocenters. The van der Waals surface area contributed by atoms with Crippen molar-refractivity contribution in [3.8, 4) is 0 Å². The van der Waals surface area contributed by atoms with Gasteiger partial charge >= 0.3 is 0 Å². The van der Waals surface area contributed by atoms with Gasteiger partial charge in [-0.25, -0.2) is 0 Å². The molecule has 0 bridgehead atoms. The average molecular weight is 254 g/mol. The zero-order valence-corrected chi connectivity index (χ0v) is 12.1. The minimum Gasteiger partial charge on any atom is -0.353 e. The minimum atomic E-state index is 0.245. The highest BCUT2D eigenvalue weighted by atomic mass is 16.1. The van der Waals surface area contributed by atoms with E-state index < -0.39 is 0 Å². The van der Waals surface area contributed by atoms with Crippen molar-refractivity contribution in [3.05, 3.63) is 0 Å². The zero-order chi connectivity index (χ0) is 13.4. The van der Waals surface area contributed by atoms with Crippen molar-refractivity contribution >= 4 is 5.91 Å². The molecule has 18 heavy (non-hydrogen) atoms. The SMILES string of the molecule is CC1CCC(NC(=O)CCCCCCN)CC1C. The van der Waals surface area contributed by atoms with Crippen LogP contribution in [0.3, 0.4) is 0 Å². The fourth-order valence-electron chi connectivity index (χ4n) is 2.76. The van der Waals surface area contributed by atoms with E-state index in [0.717, 1.165) is 56.9 Å². The predicted octanol–water partition coefficient (Wildman–Crippen LogP) is 2.84. The summed E-state index contributed by atoms with van der Waals surface area (Å²) in [5, 5.41) is 3.20. The molecule has 0 saturated heterocycles. The topological polar surface area (TPSA) is 55.1 Å². The third-order valence-corrected chi connectivity index (χ3v) is 4.32. The summed E-state index contributed by atoms with van der Waals surface area (Å²) in [7, 11) is 0. The van der Waals surface area contributed by atoms with E-state index in [0.29, 0.717) is 12.5 Å². The van der Waals surface area contributed by atoms with Gasteiger partial charge < -0.3 is 11.1 Å². The molecule has 0 radical (unpaired) electrons. The summed E-state index contributed by atoms with van der Waals surface area (Å²) in [5.74, 6) is 1.80. The largest absolute Gasteiger partial charge is 0.353 e. The third-order valence-electron chi connectivity index (χ3n) is 4.32. The predicted molar refractivity (Wildman–Crippen MR) is 76.2 cm³/mol. The molecule has 1 fully saturated rings. The van der Waals surface area contributed by atoms with Gasteiger partial charge in [0.15, 0.2) is 0 Å². The number of amides is 1. The molecule has 1 rings (SSSR count). The molecule has 106 valence electrons. The highest BCUT2D eigenvalue weighted by Crippen LogP contribution is 2.29. The van der Waals surface area contributed by atoms with Crippen LogP contribution in [0.2, 0.25) is 0 Å². The number of nitrogens with one attached hydrogen (secondary N) is 1. The van der Waals surface area contributed by atoms with Crippen LogP contribution in [0.4, 0.5) is 0 Å². The van der Waals surface area contributed by atoms with Crippen LogP contribution in [0.15, 0.2) is 0 Å². The molecule has 0 aromatic carbocycles. The second-order valence-electron chi connectivity index (χ2n) is 5.98. The Morgan fingerprint density at radius 2 is 1.83 bits per heavy atom. The number of carbonyl (C=O) groups excluding carboxylic acids is 1. The van der Waals surface area contributed by atoms with Gasteiger partial charge in [-0.15, -0.1) is 0 Å². The number of hydrogen-bond acceptors (Lipinski definition) is 2. The molecule has 3 nitrogen and oxygen atoms in total. The molecular weight excluding hydrogens is 224 g/mol. The Morgan fingerprint density at radius 1 is 1.11 bits per heavy atom. The minimum absolute atomic E-state index is 0.245. The summed E-state index contributed by atoms with van der Waals surface area (Å²) in [6, 6.07) is 0.424. The van der Waals surface area contributed by atoms with Gasteiger partial charge in [-0.1, -0.05) is 26.7 Å². The van der Waals surface area contributed by atoms with Crippen molar-refractivity contribution < 1.29 is 4.79 Å². The Morgan fingerprint density at radius 3 is 2.50 bits per heavy atom. The van der Waals surface area contributed by atoms with Gasteiger partial charge in [0.25, 0.3) is 0 Å². The second kappa shape index (κ2) is 8.52. The van der Waals surface area contributed by atoms with Crippen molar-refractivity contribution in [1.29, 1.82) is 0 Å². The van der Waals surface area contributed by atoms with Gasteiger partial charge in [-0.2, -0.15) is 0 Å². The molecule has 1 aliphatic rings. The lowest BCUT2D eigenvalue weighted by molar-refractivity contribution is -0.122. The molecular formula is C15H30N2O. The van der Waals surface area contributed by atoms with Crippen LogP contribution in [0.1, 0.15) is 65.2 Å². The first kappa shape index (κ1) is 15.5. The Kier molecular flexibility index (Phi) is 7.33. The van der Waals surface area contributed by atoms with Crippen LogP contribution >= 0.6 is 0 Å². The van der Waals surface area contributed by atoms with Crippen LogP contribution in [0.25, 0.3) is 0 Å². The summed E-state index contributed by atoms with van der Waals surface area (Å²) in [6.45, 7) is 5.39. The number of nitrogens with two attached hydrogens (primary N) is 1. The Balaban J connectivity index is 2.09. The fourth-order valence-corrected chi connectivity index (χ4v) is 2.76. The highest BCUT2D eigenvalue weighted by Gasteiger charge is 2.25. The smallest absolute Gasteiger partial charge is 0.220 e. The van der Waals surface area contributed by atoms with Crippen molar-refractivity contribution in [2.24, 2.45) is 17.6 Å². The Labute approximate surface area is 112 Å². The van der Waals surface area contributed by atoms with Gasteiger partial charge in [0.1, 0.15) is 0 Å². The van der Waals surface area contributed by atoms with Crippen molar-refractivity contribution in [1.82, 2.24) is 5.32 Å². The van der Waals surface area contributed by atoms with Gasteiger partial charge in [0.2, 0.25) is 5.91 Å². The number of carbonyl (C=O) groups is 1. The van der Waals surface area contributed by atoms with Crippen molar-refractivity contribution in [3.63, 3.8) is 0 Å². The monoisotopic (exact) mass is 254 g/mol. The Bertz CT molecular complexity index is 243. The standard InChI is InChI=1S/C15H30N2O/c1-12-8-9-14(11-13(12)2)17-15(18)7-5-3-4-6-10-16/h12-14H,3-11,16H2,1-2H3,(H,17,18). The van der Waals surface area contributed by atoms with E-state index in [1.807, 2.05) is 0 Å². The first-order chi connectivity index (χ1) is 8.63. The lowest BCUT2D eigenvalue weighted by Crippen LogP contribution is -2.39. The van der Waals surface area contributed by atoms with E-state index in [1.54, 1.807) is 0 Å². The molecule has 3 heteroatoms. The van der Waals surface area contributed by atoms with E-state index in [-0.39, 0.29) is 5.91 Å². The lowest BCUT2D eigenvalue weighted by atomic mass is 9.79. The van der Waals surface area contributed by atoms with Crippen LogP contribution in [0.5, 0.6) is 0 Å². The van der Waals surface area contributed by atoms with Gasteiger partial charge in [-0.05, 0) is 50.5 Å². The van der Waals surface area contributed by atoms with Crippen LogP contribution in [-0.2, 0) is 4.79 Å². The fraction of sp³-hybridized carbons (Fsp3) is 0.933. The molecule has 3 atom stereocenters. The number of hydrogen-bond donors (Lipinski definition) is 2. The van der Waals surface area contributed by atoms with Gasteiger partial charge in [0, 0.05) is 12.5 Å². The van der Waals surface area contributed by atoms with Crippen LogP contribution in [0, 0.1) is 11.8 Å². The summed E-state index contributed by atoms with van der Waals surface area (Å²) < 4.78 is 0. The zero-order valence-electron chi connectivity index (χ0n) is 12.1. The van der Waals surface area contributed by atoms with Gasteiger partial charge in [-0.3, -0.25) is 4.79 Å². The van der Waals surface area contributed by atoms with E-state index in [9.17, 15) is 4.79 Å². The average Bonchev–Trinajstić information content (AvgIpc) is 2.34. The third kappa shape index (κ3) is 5.85. The van der Waals surface area contributed by atoms with E-state index >= 15 is 0 Å². The molecule has 3 N–H and O–H groups in total. The summed E-state index contributed by atoms with van der Waals surface area (Å²) >= 11 is 0. The summed E-state index contributed by atoms with van der Waals surface area (Å²) in [4.78, 5) is 11.8. The first-order valence-electron chi connectivity index (χ1n) is 7.63. The molecule has 0 spiro atoms. The molecule has 0 aromatic rings. The second-order valence-corrected chi connectivity index (χ2v) is 5.98. The number of unbranched alkanes of at least 4 members (excludes halogenated alkanes) is 3. The van der Waals surface area contributed by atoms with Crippen LogP contribution < -0.4 is 11.1 Å². The number of rotatable bonds is 7. The first-order valence-corrected chi connectivity index (χ1v) is 7.63. The molecule has 1 aliphatic carbocycles. The maximum absolute atomic E-state index is 11.8. The van der Waals surface area contributed by atoms with E-state index in [1.165, 1.54) is 6.42 Å². The highest BCUT2D eigenvalue weighted by molar-refractivity contribution is 5.76. The maximum atomic E-state index is 11.8.